The number of hydrogen-bond acceptors (Lipinski definition) is 6. The van der Waals surface area contributed by atoms with E-state index in [0.717, 1.165) is 12.0 Å². The summed E-state index contributed by atoms with van der Waals surface area (Å²) >= 11 is 0. The zero-order valence-corrected chi connectivity index (χ0v) is 21.2. The first-order valence-electron chi connectivity index (χ1n) is 11.8. The van der Waals surface area contributed by atoms with Crippen LogP contribution in [0.1, 0.15) is 41.8 Å². The molecule has 192 valence electrons. The molecule has 0 aliphatic carbocycles. The summed E-state index contributed by atoms with van der Waals surface area (Å²) in [6.45, 7) is 8.72. The Kier molecular flexibility index (Phi) is 8.71. The van der Waals surface area contributed by atoms with Gasteiger partial charge in [0.25, 0.3) is 11.5 Å². The number of amides is 1. The van der Waals surface area contributed by atoms with Crippen molar-refractivity contribution in [2.24, 2.45) is 12.8 Å². The van der Waals surface area contributed by atoms with Crippen LogP contribution in [0.4, 0.5) is 15.9 Å². The van der Waals surface area contributed by atoms with Crippen LogP contribution in [0.15, 0.2) is 47.3 Å². The molecule has 8 nitrogen and oxygen atoms in total. The molecule has 0 spiro atoms. The summed E-state index contributed by atoms with van der Waals surface area (Å²) in [6, 6.07) is 11.0. The van der Waals surface area contributed by atoms with E-state index in [4.69, 9.17) is 19.9 Å². The number of nitrogens with two attached hydrogens (primary N) is 1. The molecule has 3 aromatic rings. The topological polar surface area (TPSA) is 105 Å². The zero-order chi connectivity index (χ0) is 26.4. The van der Waals surface area contributed by atoms with Crippen LogP contribution < -0.4 is 26.1 Å². The van der Waals surface area contributed by atoms with Gasteiger partial charge in [-0.05, 0) is 43.7 Å². The quantitative estimate of drug-likeness (QED) is 0.478. The smallest absolute Gasteiger partial charge is 0.256 e. The number of aromatic nitrogens is 1. The molecule has 1 atom stereocenters. The molecule has 0 saturated carbocycles. The van der Waals surface area contributed by atoms with Gasteiger partial charge in [-0.15, -0.1) is 0 Å². The van der Waals surface area contributed by atoms with Crippen LogP contribution in [0.25, 0.3) is 0 Å². The molecular formula is C27H32FN3O5. The summed E-state index contributed by atoms with van der Waals surface area (Å²) in [6.07, 6.45) is 0.731. The van der Waals surface area contributed by atoms with Gasteiger partial charge in [0.2, 0.25) is 0 Å². The average Bonchev–Trinajstić information content (AvgIpc) is 3.35. The molecular weight excluding hydrogens is 465 g/mol. The fraction of sp³-hybridized carbons (Fsp3) is 0.333. The van der Waals surface area contributed by atoms with Gasteiger partial charge in [0, 0.05) is 25.1 Å². The Morgan fingerprint density at radius 1 is 1.14 bits per heavy atom. The number of rotatable bonds is 7. The summed E-state index contributed by atoms with van der Waals surface area (Å²) in [7, 11) is 1.45. The van der Waals surface area contributed by atoms with Gasteiger partial charge in [0.05, 0.1) is 18.9 Å². The van der Waals surface area contributed by atoms with E-state index in [0.29, 0.717) is 30.3 Å². The van der Waals surface area contributed by atoms with Crippen LogP contribution in [0.5, 0.6) is 17.2 Å². The molecule has 1 saturated heterocycles. The van der Waals surface area contributed by atoms with E-state index >= 15 is 0 Å². The highest BCUT2D eigenvalue weighted by atomic mass is 19.1. The number of benzene rings is 2. The molecule has 1 aromatic heterocycles. The Bertz CT molecular complexity index is 1300. The van der Waals surface area contributed by atoms with Crippen molar-refractivity contribution in [3.63, 3.8) is 0 Å². The molecule has 1 aliphatic rings. The van der Waals surface area contributed by atoms with Crippen LogP contribution in [0, 0.1) is 19.7 Å². The summed E-state index contributed by atoms with van der Waals surface area (Å²) < 4.78 is 33.1. The molecule has 36 heavy (non-hydrogen) atoms. The SMILES string of the molecule is CC.Cc1ccc(Nc2c(C(N)=O)c(Oc3cccc(OC4CCOC4)c3C)cc(=O)n2C)c(F)c1. The third-order valence-corrected chi connectivity index (χ3v) is 5.66. The maximum Gasteiger partial charge on any atom is 0.256 e. The molecule has 9 heteroatoms. The van der Waals surface area contributed by atoms with Crippen molar-refractivity contribution in [2.75, 3.05) is 18.5 Å². The standard InChI is InChI=1S/C25H26FN3O5.C2H6/c1-14-7-8-18(17(26)11-14)28-25-23(24(27)31)21(12-22(30)29(25)3)34-20-6-4-5-19(15(20)2)33-16-9-10-32-13-16;1-2/h4-8,11-12,16,28H,9-10,13H2,1-3H3,(H2,27,31);1-2H3. The maximum absolute atomic E-state index is 14.5. The van der Waals surface area contributed by atoms with Gasteiger partial charge in [-0.3, -0.25) is 14.2 Å². The van der Waals surface area contributed by atoms with Crippen molar-refractivity contribution in [1.29, 1.82) is 0 Å². The van der Waals surface area contributed by atoms with E-state index in [1.165, 1.54) is 29.8 Å². The number of carbonyl (C=O) groups excluding carboxylic acids is 1. The van der Waals surface area contributed by atoms with E-state index in [2.05, 4.69) is 5.32 Å². The number of pyridine rings is 1. The molecule has 0 bridgehead atoms. The zero-order valence-electron chi connectivity index (χ0n) is 21.2. The third-order valence-electron chi connectivity index (χ3n) is 5.66. The van der Waals surface area contributed by atoms with E-state index in [1.54, 1.807) is 25.1 Å². The number of aryl methyl sites for hydroxylation is 1. The van der Waals surface area contributed by atoms with Gasteiger partial charge in [-0.2, -0.15) is 0 Å². The highest BCUT2D eigenvalue weighted by Gasteiger charge is 2.23. The van der Waals surface area contributed by atoms with Crippen LogP contribution in [-0.4, -0.2) is 29.8 Å². The van der Waals surface area contributed by atoms with Crippen LogP contribution in [0.2, 0.25) is 0 Å². The van der Waals surface area contributed by atoms with Crippen molar-refractivity contribution in [2.45, 2.75) is 40.2 Å². The summed E-state index contributed by atoms with van der Waals surface area (Å²) in [5.41, 5.74) is 6.62. The average molecular weight is 498 g/mol. The van der Waals surface area contributed by atoms with Crippen LogP contribution >= 0.6 is 0 Å². The first-order chi connectivity index (χ1) is 17.2. The Morgan fingerprint density at radius 2 is 1.86 bits per heavy atom. The molecule has 1 aliphatic heterocycles. The van der Waals surface area contributed by atoms with Crippen LogP contribution in [-0.2, 0) is 11.8 Å². The maximum atomic E-state index is 14.5. The molecule has 3 N–H and O–H groups in total. The van der Waals surface area contributed by atoms with Gasteiger partial charge >= 0.3 is 0 Å². The third kappa shape index (κ3) is 5.85. The number of halogens is 1. The van der Waals surface area contributed by atoms with Crippen molar-refractivity contribution in [3.8, 4) is 17.2 Å². The Hall–Kier alpha value is -3.85. The fourth-order valence-electron chi connectivity index (χ4n) is 3.73. The van der Waals surface area contributed by atoms with E-state index in [9.17, 15) is 14.0 Å². The molecule has 1 unspecified atom stereocenters. The predicted molar refractivity (Wildman–Crippen MR) is 137 cm³/mol. The van der Waals surface area contributed by atoms with E-state index < -0.39 is 17.3 Å². The van der Waals surface area contributed by atoms with Crippen molar-refractivity contribution in [3.05, 3.63) is 75.3 Å². The van der Waals surface area contributed by atoms with E-state index in [-0.39, 0.29) is 28.9 Å². The Labute approximate surface area is 209 Å². The molecule has 1 amide bonds. The molecule has 4 rings (SSSR count). The van der Waals surface area contributed by atoms with Gasteiger partial charge in [-0.1, -0.05) is 26.0 Å². The number of anilines is 2. The van der Waals surface area contributed by atoms with Crippen molar-refractivity contribution < 1.29 is 23.4 Å². The number of hydrogen-bond donors (Lipinski definition) is 2. The Morgan fingerprint density at radius 3 is 2.50 bits per heavy atom. The first-order valence-corrected chi connectivity index (χ1v) is 11.8. The minimum atomic E-state index is -0.839. The van der Waals surface area contributed by atoms with Gasteiger partial charge in [0.1, 0.15) is 40.6 Å². The van der Waals surface area contributed by atoms with Gasteiger partial charge in [0.15, 0.2) is 0 Å². The summed E-state index contributed by atoms with van der Waals surface area (Å²) in [5.74, 6) is -0.405. The van der Waals surface area contributed by atoms with Gasteiger partial charge in [-0.25, -0.2) is 4.39 Å². The largest absolute Gasteiger partial charge is 0.488 e. The second-order valence-electron chi connectivity index (χ2n) is 8.19. The lowest BCUT2D eigenvalue weighted by Crippen LogP contribution is -2.25. The second kappa shape index (κ2) is 11.7. The lowest BCUT2D eigenvalue weighted by molar-refractivity contribution is 0.0998. The normalized spacial score (nSPS) is 14.6. The van der Waals surface area contributed by atoms with Gasteiger partial charge < -0.3 is 25.3 Å². The highest BCUT2D eigenvalue weighted by Crippen LogP contribution is 2.35. The van der Waals surface area contributed by atoms with E-state index in [1.807, 2.05) is 26.8 Å². The summed E-state index contributed by atoms with van der Waals surface area (Å²) in [4.78, 5) is 25.2. The first kappa shape index (κ1) is 26.7. The van der Waals surface area contributed by atoms with Crippen LogP contribution in [0.3, 0.4) is 0 Å². The lowest BCUT2D eigenvalue weighted by atomic mass is 10.1. The molecule has 2 aromatic carbocycles. The minimum Gasteiger partial charge on any atom is -0.488 e. The lowest BCUT2D eigenvalue weighted by Gasteiger charge is -2.20. The molecule has 2 heterocycles. The number of nitrogens with zero attached hydrogens (tertiary/aromatic N) is 1. The summed E-state index contributed by atoms with van der Waals surface area (Å²) in [5, 5.41) is 2.83. The van der Waals surface area contributed by atoms with Crippen molar-refractivity contribution >= 4 is 17.4 Å². The number of ether oxygens (including phenoxy) is 3. The Balaban J connectivity index is 0.00000176. The molecule has 1 fully saturated rings. The van der Waals surface area contributed by atoms with Crippen molar-refractivity contribution in [1.82, 2.24) is 4.57 Å². The number of carbonyl (C=O) groups is 1. The predicted octanol–water partition coefficient (Wildman–Crippen LogP) is 4.97. The number of primary amides is 1. The monoisotopic (exact) mass is 497 g/mol. The second-order valence-corrected chi connectivity index (χ2v) is 8.19. The minimum absolute atomic E-state index is 0.0194. The highest BCUT2D eigenvalue weighted by molar-refractivity contribution is 6.01. The number of nitrogens with one attached hydrogen (secondary N) is 1. The molecule has 0 radical (unpaired) electrons. The fourth-order valence-corrected chi connectivity index (χ4v) is 3.73.